The van der Waals surface area contributed by atoms with Gasteiger partial charge < -0.3 is 15.0 Å². The largest absolute Gasteiger partial charge is 0.484 e. The Bertz CT molecular complexity index is 771. The fraction of sp³-hybridized carbons (Fsp3) is 0.480. The van der Waals surface area contributed by atoms with Crippen LogP contribution in [0.5, 0.6) is 5.75 Å². The fourth-order valence-electron chi connectivity index (χ4n) is 4.47. The maximum atomic E-state index is 12.3. The predicted molar refractivity (Wildman–Crippen MR) is 123 cm³/mol. The van der Waals surface area contributed by atoms with E-state index in [1.807, 2.05) is 0 Å². The van der Waals surface area contributed by atoms with Crippen LogP contribution in [-0.2, 0) is 11.2 Å². The maximum Gasteiger partial charge on any atom is 0.258 e. The van der Waals surface area contributed by atoms with Crippen molar-refractivity contribution < 1.29 is 9.53 Å². The molecule has 0 aliphatic heterocycles. The lowest BCUT2D eigenvalue weighted by atomic mass is 9.79. The summed E-state index contributed by atoms with van der Waals surface area (Å²) in [6.07, 6.45) is 6.66. The summed E-state index contributed by atoms with van der Waals surface area (Å²) in [7, 11) is 4.38. The minimum atomic E-state index is -0.0540. The van der Waals surface area contributed by atoms with Gasteiger partial charge in [-0.3, -0.25) is 4.79 Å². The molecule has 1 amide bonds. The lowest BCUT2D eigenvalue weighted by Crippen LogP contribution is -2.43. The van der Waals surface area contributed by atoms with E-state index in [9.17, 15) is 4.79 Å². The molecule has 1 aliphatic carbocycles. The van der Waals surface area contributed by atoms with E-state index in [1.54, 1.807) is 24.3 Å². The van der Waals surface area contributed by atoms with Gasteiger partial charge in [-0.1, -0.05) is 41.9 Å². The molecular formula is C25H33ClN2O2. The number of carbonyl (C=O) groups excluding carboxylic acids is 1. The fourth-order valence-corrected chi connectivity index (χ4v) is 4.60. The Morgan fingerprint density at radius 2 is 1.73 bits per heavy atom. The summed E-state index contributed by atoms with van der Waals surface area (Å²) in [5.74, 6) is 1.29. The number of amides is 1. The van der Waals surface area contributed by atoms with Crippen LogP contribution in [0.3, 0.4) is 0 Å². The van der Waals surface area contributed by atoms with E-state index in [0.717, 1.165) is 32.1 Å². The van der Waals surface area contributed by atoms with E-state index >= 15 is 0 Å². The van der Waals surface area contributed by atoms with Gasteiger partial charge in [-0.25, -0.2) is 0 Å². The molecule has 2 aromatic carbocycles. The van der Waals surface area contributed by atoms with Gasteiger partial charge in [-0.05, 0) is 88.4 Å². The Morgan fingerprint density at radius 3 is 2.37 bits per heavy atom. The van der Waals surface area contributed by atoms with Gasteiger partial charge in [-0.15, -0.1) is 0 Å². The van der Waals surface area contributed by atoms with E-state index in [2.05, 4.69) is 54.6 Å². The molecule has 1 aliphatic rings. The lowest BCUT2D eigenvalue weighted by Gasteiger charge is -2.37. The second kappa shape index (κ2) is 11.4. The third kappa shape index (κ3) is 7.03. The summed E-state index contributed by atoms with van der Waals surface area (Å²) >= 11 is 5.87. The molecule has 162 valence electrons. The number of halogens is 1. The van der Waals surface area contributed by atoms with Crippen LogP contribution in [0.15, 0.2) is 54.6 Å². The van der Waals surface area contributed by atoms with Crippen LogP contribution in [0.2, 0.25) is 5.02 Å². The van der Waals surface area contributed by atoms with Crippen molar-refractivity contribution in [1.29, 1.82) is 0 Å². The predicted octanol–water partition coefficient (Wildman–Crippen LogP) is 4.96. The Morgan fingerprint density at radius 1 is 1.07 bits per heavy atom. The molecule has 5 heteroatoms. The van der Waals surface area contributed by atoms with Crippen molar-refractivity contribution in [3.8, 4) is 5.75 Å². The Hall–Kier alpha value is -2.04. The number of carbonyl (C=O) groups is 1. The second-order valence-corrected chi connectivity index (χ2v) is 8.91. The van der Waals surface area contributed by atoms with Crippen molar-refractivity contribution in [1.82, 2.24) is 10.2 Å². The summed E-state index contributed by atoms with van der Waals surface area (Å²) in [5, 5.41) is 3.80. The maximum absolute atomic E-state index is 12.3. The number of hydrogen-bond donors (Lipinski definition) is 1. The topological polar surface area (TPSA) is 41.6 Å². The first-order valence-corrected chi connectivity index (χ1v) is 11.3. The van der Waals surface area contributed by atoms with Crippen LogP contribution in [0.4, 0.5) is 0 Å². The number of aryl methyl sites for hydroxylation is 1. The first-order valence-electron chi connectivity index (χ1n) is 10.9. The zero-order valence-corrected chi connectivity index (χ0v) is 18.8. The molecular weight excluding hydrogens is 396 g/mol. The van der Waals surface area contributed by atoms with Crippen LogP contribution in [0.25, 0.3) is 0 Å². The minimum absolute atomic E-state index is 0.0406. The Labute approximate surface area is 185 Å². The molecule has 1 unspecified atom stereocenters. The smallest absolute Gasteiger partial charge is 0.258 e. The van der Waals surface area contributed by atoms with Crippen LogP contribution in [0, 0.1) is 5.92 Å². The zero-order chi connectivity index (χ0) is 21.3. The van der Waals surface area contributed by atoms with Gasteiger partial charge in [0, 0.05) is 17.1 Å². The molecule has 2 aromatic rings. The normalized spacial score (nSPS) is 20.0. The lowest BCUT2D eigenvalue weighted by molar-refractivity contribution is -0.124. The molecule has 0 aromatic heterocycles. The van der Waals surface area contributed by atoms with E-state index in [0.29, 0.717) is 22.7 Å². The summed E-state index contributed by atoms with van der Waals surface area (Å²) in [6.45, 7) is 0.0406. The number of hydrogen-bond acceptors (Lipinski definition) is 3. The quantitative estimate of drug-likeness (QED) is 0.613. The summed E-state index contributed by atoms with van der Waals surface area (Å²) in [5.41, 5.74) is 1.41. The van der Waals surface area contributed by atoms with Gasteiger partial charge in [0.15, 0.2) is 6.61 Å². The number of rotatable bonds is 9. The number of ether oxygens (including phenoxy) is 1. The number of nitrogens with one attached hydrogen (secondary N) is 1. The highest BCUT2D eigenvalue weighted by Gasteiger charge is 2.29. The van der Waals surface area contributed by atoms with Crippen LogP contribution >= 0.6 is 11.6 Å². The SMILES string of the molecule is CN(C)C(CCc1ccccc1)C1CCC(NC(=O)COc2ccc(Cl)cc2)CC1. The van der Waals surface area contributed by atoms with Gasteiger partial charge in [-0.2, -0.15) is 0 Å². The minimum Gasteiger partial charge on any atom is -0.484 e. The third-order valence-electron chi connectivity index (χ3n) is 6.10. The molecule has 1 saturated carbocycles. The van der Waals surface area contributed by atoms with Crippen LogP contribution in [-0.4, -0.2) is 43.6 Å². The molecule has 0 heterocycles. The standard InChI is InChI=1S/C25H33ClN2O2/c1-28(2)24(17-8-19-6-4-3-5-7-19)20-9-13-22(14-10-20)27-25(29)18-30-23-15-11-21(26)12-16-23/h3-7,11-12,15-16,20,22,24H,8-10,13-14,17-18H2,1-2H3,(H,27,29). The molecule has 1 N–H and O–H groups in total. The van der Waals surface area contributed by atoms with E-state index in [4.69, 9.17) is 16.3 Å². The van der Waals surface area contributed by atoms with Crippen molar-refractivity contribution >= 4 is 17.5 Å². The van der Waals surface area contributed by atoms with E-state index in [-0.39, 0.29) is 18.6 Å². The molecule has 3 rings (SSSR count). The molecule has 0 saturated heterocycles. The van der Waals surface area contributed by atoms with E-state index < -0.39 is 0 Å². The first kappa shape index (κ1) is 22.6. The highest BCUT2D eigenvalue weighted by Crippen LogP contribution is 2.31. The average Bonchev–Trinajstić information content (AvgIpc) is 2.75. The Balaban J connectivity index is 1.41. The van der Waals surface area contributed by atoms with Crippen molar-refractivity contribution in [2.45, 2.75) is 50.6 Å². The third-order valence-corrected chi connectivity index (χ3v) is 6.35. The van der Waals surface area contributed by atoms with Crippen molar-refractivity contribution in [2.75, 3.05) is 20.7 Å². The van der Waals surface area contributed by atoms with E-state index in [1.165, 1.54) is 12.0 Å². The van der Waals surface area contributed by atoms with Gasteiger partial charge in [0.1, 0.15) is 5.75 Å². The van der Waals surface area contributed by atoms with Crippen LogP contribution in [0.1, 0.15) is 37.7 Å². The molecule has 1 fully saturated rings. The molecule has 4 nitrogen and oxygen atoms in total. The number of benzene rings is 2. The first-order chi connectivity index (χ1) is 14.5. The highest BCUT2D eigenvalue weighted by molar-refractivity contribution is 6.30. The summed E-state index contributed by atoms with van der Waals surface area (Å²) in [4.78, 5) is 14.6. The van der Waals surface area contributed by atoms with Gasteiger partial charge in [0.05, 0.1) is 0 Å². The molecule has 0 radical (unpaired) electrons. The second-order valence-electron chi connectivity index (χ2n) is 8.48. The van der Waals surface area contributed by atoms with Crippen molar-refractivity contribution in [3.63, 3.8) is 0 Å². The van der Waals surface area contributed by atoms with Crippen molar-refractivity contribution in [2.24, 2.45) is 5.92 Å². The molecule has 0 spiro atoms. The summed E-state index contributed by atoms with van der Waals surface area (Å²) < 4.78 is 5.55. The number of nitrogens with zero attached hydrogens (tertiary/aromatic N) is 1. The Kier molecular flexibility index (Phi) is 8.59. The zero-order valence-electron chi connectivity index (χ0n) is 18.0. The summed E-state index contributed by atoms with van der Waals surface area (Å²) in [6, 6.07) is 18.6. The monoisotopic (exact) mass is 428 g/mol. The van der Waals surface area contributed by atoms with Gasteiger partial charge >= 0.3 is 0 Å². The molecule has 0 bridgehead atoms. The average molecular weight is 429 g/mol. The molecule has 1 atom stereocenters. The van der Waals surface area contributed by atoms with Gasteiger partial charge in [0.25, 0.3) is 5.91 Å². The van der Waals surface area contributed by atoms with Crippen LogP contribution < -0.4 is 10.1 Å². The molecule has 30 heavy (non-hydrogen) atoms. The van der Waals surface area contributed by atoms with Gasteiger partial charge in [0.2, 0.25) is 0 Å². The van der Waals surface area contributed by atoms with Crippen molar-refractivity contribution in [3.05, 3.63) is 65.2 Å². The highest BCUT2D eigenvalue weighted by atomic mass is 35.5.